The maximum Gasteiger partial charge on any atom is 0.328 e. The lowest BCUT2D eigenvalue weighted by atomic mass is 9.96. The summed E-state index contributed by atoms with van der Waals surface area (Å²) < 4.78 is 0. The van der Waals surface area contributed by atoms with Crippen molar-refractivity contribution < 1.29 is 83.1 Å². The van der Waals surface area contributed by atoms with Crippen LogP contribution in [0.5, 0.6) is 0 Å². The molecule has 0 rings (SSSR count). The fraction of sp³-hybridized carbons (Fsp3) is 0.733. The van der Waals surface area contributed by atoms with Crippen LogP contribution in [-0.2, 0) is 57.5 Å². The molecule has 0 aliphatic heterocycles. The van der Waals surface area contributed by atoms with Crippen LogP contribution >= 0.6 is 0 Å². The number of primary amides is 1. The first-order valence-corrected chi connectivity index (χ1v) is 23.8. The number of hydrogen-bond acceptors (Lipinski definition) is 16. The molecule has 0 aromatic heterocycles. The largest absolute Gasteiger partial charge is 0.481 e. The van der Waals surface area contributed by atoms with Crippen LogP contribution in [-0.4, -0.2) is 175 Å². The number of aliphatic hydroxyl groups excluding tert-OH is 3. The Morgan fingerprint density at radius 3 is 1.22 bits per heavy atom. The molecule has 10 amide bonds. The van der Waals surface area contributed by atoms with Gasteiger partial charge in [0.15, 0.2) is 6.04 Å². The van der Waals surface area contributed by atoms with Crippen molar-refractivity contribution in [1.29, 1.82) is 0 Å². The van der Waals surface area contributed by atoms with Crippen LogP contribution in [0, 0.1) is 23.7 Å². The van der Waals surface area contributed by atoms with E-state index in [4.69, 9.17) is 11.5 Å². The Kier molecular flexibility index (Phi) is 28.4. The predicted molar refractivity (Wildman–Crippen MR) is 258 cm³/mol. The number of hydrogen-bond donors (Lipinski definition) is 16. The minimum atomic E-state index is -1.89. The van der Waals surface area contributed by atoms with Gasteiger partial charge in [0, 0.05) is 0 Å². The molecule has 416 valence electrons. The molecule has 0 saturated heterocycles. The number of carbonyl (C=O) groups is 12. The highest BCUT2D eigenvalue weighted by atomic mass is 16.4. The molecule has 0 bridgehead atoms. The first-order valence-electron chi connectivity index (χ1n) is 23.8. The van der Waals surface area contributed by atoms with E-state index in [1.807, 2.05) is 0 Å². The second kappa shape index (κ2) is 31.2. The minimum absolute atomic E-state index is 0.0469. The van der Waals surface area contributed by atoms with Crippen molar-refractivity contribution in [3.8, 4) is 0 Å². The fourth-order valence-electron chi connectivity index (χ4n) is 6.68. The van der Waals surface area contributed by atoms with E-state index in [1.165, 1.54) is 13.8 Å². The first kappa shape index (κ1) is 66.5. The number of nitrogens with one attached hydrogen (secondary N) is 9. The third-order valence-electron chi connectivity index (χ3n) is 11.4. The maximum absolute atomic E-state index is 13.7. The molecule has 0 fully saturated rings. The third-order valence-corrected chi connectivity index (χ3v) is 11.4. The van der Waals surface area contributed by atoms with Crippen molar-refractivity contribution >= 4 is 71.0 Å². The summed E-state index contributed by atoms with van der Waals surface area (Å²) in [5.41, 5.74) is 11.2. The molecule has 0 heterocycles. The third kappa shape index (κ3) is 22.8. The molecule has 14 atom stereocenters. The second-order valence-electron chi connectivity index (χ2n) is 19.2. The number of amides is 10. The zero-order chi connectivity index (χ0) is 56.9. The average Bonchev–Trinajstić information content (AvgIpc) is 3.26. The van der Waals surface area contributed by atoms with Gasteiger partial charge in [-0.3, -0.25) is 52.7 Å². The van der Waals surface area contributed by atoms with E-state index in [0.29, 0.717) is 6.42 Å². The summed E-state index contributed by atoms with van der Waals surface area (Å²) in [7, 11) is 0. The van der Waals surface area contributed by atoms with Crippen molar-refractivity contribution in [2.45, 2.75) is 187 Å². The van der Waals surface area contributed by atoms with Crippen molar-refractivity contribution in [3.63, 3.8) is 0 Å². The van der Waals surface area contributed by atoms with Crippen LogP contribution in [0.3, 0.4) is 0 Å². The first-order chi connectivity index (χ1) is 33.6. The van der Waals surface area contributed by atoms with E-state index in [2.05, 4.69) is 47.9 Å². The molecule has 28 nitrogen and oxygen atoms in total. The molecule has 0 aliphatic carbocycles. The van der Waals surface area contributed by atoms with Gasteiger partial charge in [0.2, 0.25) is 59.1 Å². The zero-order valence-electron chi connectivity index (χ0n) is 43.4. The van der Waals surface area contributed by atoms with E-state index < -0.39 is 174 Å². The molecule has 0 aromatic carbocycles. The minimum Gasteiger partial charge on any atom is -0.481 e. The molecule has 0 radical (unpaired) electrons. The lowest BCUT2D eigenvalue weighted by Gasteiger charge is -2.30. The van der Waals surface area contributed by atoms with Crippen LogP contribution in [0.25, 0.3) is 0 Å². The van der Waals surface area contributed by atoms with E-state index >= 15 is 0 Å². The molecule has 0 aliphatic rings. The number of nitrogens with two attached hydrogens (primary N) is 2. The monoisotopic (exact) mass is 1050 g/mol. The van der Waals surface area contributed by atoms with Crippen LogP contribution in [0.15, 0.2) is 0 Å². The predicted octanol–water partition coefficient (Wildman–Crippen LogP) is -5.32. The molecular weight excluding hydrogens is 967 g/mol. The molecular formula is C45H79N11O17. The van der Waals surface area contributed by atoms with E-state index in [0.717, 1.165) is 27.7 Å². The molecule has 18 N–H and O–H groups in total. The summed E-state index contributed by atoms with van der Waals surface area (Å²) in [5.74, 6) is -15.7. The summed E-state index contributed by atoms with van der Waals surface area (Å²) in [4.78, 5) is 156. The van der Waals surface area contributed by atoms with Crippen molar-refractivity contribution in [3.05, 3.63) is 0 Å². The summed E-state index contributed by atoms with van der Waals surface area (Å²) >= 11 is 0. The SMILES string of the molecule is CC[C@H](C)[C@H](NC(=O)[C@H](CC(C)C)NC(=O)[C@H](CC(N)=O)NC(=O)[C@H](C)NC(=O)[C@@H](NC(=O)[C@@H](NC(=O)[C@H](CC(=O)O)NC(=O)[C@@H](NC(=O)[C@@H](N)C(C)C)[C@@H](C)O)C(C)C)[C@@H](C)O)C(=O)N[C@H](C(=O)O)[C@@H](C)O. The van der Waals surface area contributed by atoms with Gasteiger partial charge in [0.1, 0.15) is 48.3 Å². The number of aliphatic carboxylic acids is 2. The molecule has 0 unspecified atom stereocenters. The van der Waals surface area contributed by atoms with E-state index in [9.17, 15) is 83.1 Å². The van der Waals surface area contributed by atoms with Crippen molar-refractivity contribution in [2.24, 2.45) is 35.1 Å². The Morgan fingerprint density at radius 2 is 0.795 bits per heavy atom. The van der Waals surface area contributed by atoms with Gasteiger partial charge in [0.05, 0.1) is 37.2 Å². The number of carboxylic acids is 2. The molecule has 0 spiro atoms. The topological polar surface area (TPSA) is 466 Å². The summed E-state index contributed by atoms with van der Waals surface area (Å²) in [6.07, 6.45) is -6.32. The number of rotatable bonds is 32. The van der Waals surface area contributed by atoms with Gasteiger partial charge < -0.3 is 84.9 Å². The summed E-state index contributed by atoms with van der Waals surface area (Å²) in [6, 6.07) is -15.9. The fourth-order valence-corrected chi connectivity index (χ4v) is 6.68. The van der Waals surface area contributed by atoms with E-state index in [-0.39, 0.29) is 18.3 Å². The summed E-state index contributed by atoms with van der Waals surface area (Å²) in [5, 5.41) is 70.4. The summed E-state index contributed by atoms with van der Waals surface area (Å²) in [6.45, 7) is 17.4. The van der Waals surface area contributed by atoms with Gasteiger partial charge in [-0.1, -0.05) is 61.8 Å². The van der Waals surface area contributed by atoms with Crippen molar-refractivity contribution in [1.82, 2.24) is 47.9 Å². The van der Waals surface area contributed by atoms with Gasteiger partial charge in [0.25, 0.3) is 0 Å². The maximum atomic E-state index is 13.7. The molecule has 0 saturated carbocycles. The quantitative estimate of drug-likeness (QED) is 0.0299. The number of carbonyl (C=O) groups excluding carboxylic acids is 10. The Labute approximate surface area is 423 Å². The van der Waals surface area contributed by atoms with Gasteiger partial charge in [-0.25, -0.2) is 4.79 Å². The van der Waals surface area contributed by atoms with Gasteiger partial charge >= 0.3 is 11.9 Å². The standard InChI is InChI=1S/C45H79N11O17/c1-13-20(8)32(42(69)56-35(24(12)59)45(72)73)53-38(65)25(14-17(2)3)50-37(64)26(15-28(46)60)49-36(63)21(9)48-43(70)33(22(10)57)55-41(68)31(19(6)7)52-39(66)27(16-29(61)62)51-44(71)34(23(11)58)54-40(67)30(47)18(4)5/h17-27,30-35,57-59H,13-16,47H2,1-12H3,(H2,46,60)(H,48,70)(H,49,63)(H,50,64)(H,51,71)(H,52,66)(H,53,65)(H,54,67)(H,55,68)(H,56,69)(H,61,62)(H,72,73)/t20-,21-,22+,23+,24+,25-,26-,27-,30-,31-,32-,33-,34-,35-/m0/s1. The number of aliphatic hydroxyl groups is 3. The van der Waals surface area contributed by atoms with Crippen molar-refractivity contribution in [2.75, 3.05) is 0 Å². The van der Waals surface area contributed by atoms with Crippen LogP contribution < -0.4 is 59.3 Å². The molecule has 0 aromatic rings. The lowest BCUT2D eigenvalue weighted by Crippen LogP contribution is -2.63. The zero-order valence-corrected chi connectivity index (χ0v) is 43.4. The van der Waals surface area contributed by atoms with E-state index in [1.54, 1.807) is 41.5 Å². The van der Waals surface area contributed by atoms with Crippen LogP contribution in [0.1, 0.15) is 109 Å². The average molecular weight is 1050 g/mol. The Morgan fingerprint density at radius 1 is 0.425 bits per heavy atom. The van der Waals surface area contributed by atoms with Gasteiger partial charge in [-0.15, -0.1) is 0 Å². The lowest BCUT2D eigenvalue weighted by molar-refractivity contribution is -0.145. The Balaban J connectivity index is 6.34. The van der Waals surface area contributed by atoms with Gasteiger partial charge in [-0.2, -0.15) is 0 Å². The molecule has 73 heavy (non-hydrogen) atoms. The highest BCUT2D eigenvalue weighted by Gasteiger charge is 2.39. The van der Waals surface area contributed by atoms with Gasteiger partial charge in [-0.05, 0) is 57.8 Å². The van der Waals surface area contributed by atoms with Crippen LogP contribution in [0.2, 0.25) is 0 Å². The highest BCUT2D eigenvalue weighted by molar-refractivity contribution is 6.00. The smallest absolute Gasteiger partial charge is 0.328 e. The molecule has 28 heteroatoms. The number of carboxylic acid groups (broad SMARTS) is 2. The Bertz CT molecular complexity index is 1960. The van der Waals surface area contributed by atoms with Crippen LogP contribution in [0.4, 0.5) is 0 Å². The Hall–Kier alpha value is -6.52. The highest BCUT2D eigenvalue weighted by Crippen LogP contribution is 2.13. The normalized spacial score (nSPS) is 17.1. The second-order valence-corrected chi connectivity index (χ2v) is 19.2.